The third kappa shape index (κ3) is 4.45. The molecular formula is C26H34N2OS. The summed E-state index contributed by atoms with van der Waals surface area (Å²) in [6, 6.07) is 17.2. The number of primary amides is 1. The van der Waals surface area contributed by atoms with Crippen LogP contribution in [0, 0.1) is 5.92 Å². The molecule has 1 heterocycles. The lowest BCUT2D eigenvalue weighted by Gasteiger charge is -2.36. The topological polar surface area (TPSA) is 46.3 Å². The van der Waals surface area contributed by atoms with Gasteiger partial charge in [0.15, 0.2) is 0 Å². The lowest BCUT2D eigenvalue weighted by atomic mass is 9.67. The fraction of sp³-hybridized carbons (Fsp3) is 0.500. The van der Waals surface area contributed by atoms with Gasteiger partial charge in [0, 0.05) is 10.6 Å². The van der Waals surface area contributed by atoms with Gasteiger partial charge in [-0.2, -0.15) is 0 Å². The van der Waals surface area contributed by atoms with Crippen LogP contribution in [-0.2, 0) is 10.2 Å². The van der Waals surface area contributed by atoms with Gasteiger partial charge in [0.05, 0.1) is 5.41 Å². The molecule has 4 rings (SSSR count). The van der Waals surface area contributed by atoms with Gasteiger partial charge >= 0.3 is 0 Å². The van der Waals surface area contributed by atoms with Gasteiger partial charge in [0.25, 0.3) is 0 Å². The molecule has 0 bridgehead atoms. The molecule has 1 saturated carbocycles. The van der Waals surface area contributed by atoms with Crippen LogP contribution in [0.2, 0.25) is 0 Å². The Bertz CT molecular complexity index is 867. The summed E-state index contributed by atoms with van der Waals surface area (Å²) in [6.07, 6.45) is 7.64. The zero-order valence-corrected chi connectivity index (χ0v) is 18.9. The SMILES string of the molecule is CN1CCC(CSc2ccccc2-c2ccccc2C2(C(N)=O)CCCCC2)CC1. The molecule has 0 aromatic heterocycles. The van der Waals surface area contributed by atoms with E-state index in [0.717, 1.165) is 42.9 Å². The maximum absolute atomic E-state index is 12.7. The van der Waals surface area contributed by atoms with Gasteiger partial charge in [0.1, 0.15) is 0 Å². The summed E-state index contributed by atoms with van der Waals surface area (Å²) in [5.41, 5.74) is 9.07. The highest BCUT2D eigenvalue weighted by molar-refractivity contribution is 7.99. The molecule has 2 aliphatic rings. The third-order valence-electron chi connectivity index (χ3n) is 7.11. The highest BCUT2D eigenvalue weighted by Gasteiger charge is 2.41. The zero-order valence-electron chi connectivity index (χ0n) is 18.1. The largest absolute Gasteiger partial charge is 0.369 e. The van der Waals surface area contributed by atoms with E-state index in [0.29, 0.717) is 0 Å². The van der Waals surface area contributed by atoms with E-state index in [1.165, 1.54) is 48.4 Å². The van der Waals surface area contributed by atoms with Crippen molar-refractivity contribution in [2.45, 2.75) is 55.3 Å². The first-order chi connectivity index (χ1) is 14.6. The van der Waals surface area contributed by atoms with Crippen LogP contribution in [0.3, 0.4) is 0 Å². The molecule has 2 N–H and O–H groups in total. The molecule has 1 amide bonds. The predicted octanol–water partition coefficient (Wildman–Crippen LogP) is 5.47. The van der Waals surface area contributed by atoms with E-state index >= 15 is 0 Å². The maximum atomic E-state index is 12.7. The van der Waals surface area contributed by atoms with Gasteiger partial charge in [-0.15, -0.1) is 11.8 Å². The third-order valence-corrected chi connectivity index (χ3v) is 8.42. The summed E-state index contributed by atoms with van der Waals surface area (Å²) >= 11 is 1.98. The quantitative estimate of drug-likeness (QED) is 0.628. The second kappa shape index (κ2) is 9.57. The number of benzene rings is 2. The molecule has 4 heteroatoms. The molecule has 0 atom stereocenters. The Morgan fingerprint density at radius 1 is 1.00 bits per heavy atom. The van der Waals surface area contributed by atoms with Crippen molar-refractivity contribution in [3.63, 3.8) is 0 Å². The number of rotatable bonds is 6. The smallest absolute Gasteiger partial charge is 0.228 e. The predicted molar refractivity (Wildman–Crippen MR) is 127 cm³/mol. The molecule has 1 saturated heterocycles. The molecule has 160 valence electrons. The van der Waals surface area contributed by atoms with E-state index in [1.54, 1.807) is 0 Å². The van der Waals surface area contributed by atoms with E-state index in [4.69, 9.17) is 5.73 Å². The first-order valence-electron chi connectivity index (χ1n) is 11.4. The monoisotopic (exact) mass is 422 g/mol. The van der Waals surface area contributed by atoms with Crippen molar-refractivity contribution in [2.24, 2.45) is 11.7 Å². The second-order valence-electron chi connectivity index (χ2n) is 9.11. The van der Waals surface area contributed by atoms with Gasteiger partial charge < -0.3 is 10.6 Å². The summed E-state index contributed by atoms with van der Waals surface area (Å²) in [6.45, 7) is 2.41. The summed E-state index contributed by atoms with van der Waals surface area (Å²) in [5, 5.41) is 0. The van der Waals surface area contributed by atoms with Crippen LogP contribution in [0.15, 0.2) is 53.4 Å². The van der Waals surface area contributed by atoms with Crippen molar-refractivity contribution >= 4 is 17.7 Å². The zero-order chi connectivity index (χ0) is 21.0. The fourth-order valence-electron chi connectivity index (χ4n) is 5.19. The van der Waals surface area contributed by atoms with E-state index in [-0.39, 0.29) is 5.91 Å². The highest BCUT2D eigenvalue weighted by atomic mass is 32.2. The number of piperidine rings is 1. The average Bonchev–Trinajstić information content (AvgIpc) is 2.79. The molecular weight excluding hydrogens is 388 g/mol. The highest BCUT2D eigenvalue weighted by Crippen LogP contribution is 2.45. The molecule has 2 aromatic rings. The number of nitrogens with two attached hydrogens (primary N) is 1. The van der Waals surface area contributed by atoms with Crippen molar-refractivity contribution in [1.82, 2.24) is 4.90 Å². The number of carbonyl (C=O) groups excluding carboxylic acids is 1. The number of nitrogens with zero attached hydrogens (tertiary/aromatic N) is 1. The minimum absolute atomic E-state index is 0.161. The summed E-state index contributed by atoms with van der Waals surface area (Å²) < 4.78 is 0. The number of hydrogen-bond donors (Lipinski definition) is 1. The van der Waals surface area contributed by atoms with E-state index < -0.39 is 5.41 Å². The van der Waals surface area contributed by atoms with Crippen LogP contribution < -0.4 is 5.73 Å². The Balaban J connectivity index is 1.64. The number of hydrogen-bond acceptors (Lipinski definition) is 3. The number of carbonyl (C=O) groups is 1. The Kier molecular flexibility index (Phi) is 6.84. The summed E-state index contributed by atoms with van der Waals surface area (Å²) in [7, 11) is 2.22. The first-order valence-corrected chi connectivity index (χ1v) is 12.4. The summed E-state index contributed by atoms with van der Waals surface area (Å²) in [5.74, 6) is 1.78. The molecule has 2 aromatic carbocycles. The van der Waals surface area contributed by atoms with Crippen molar-refractivity contribution in [3.05, 3.63) is 54.1 Å². The molecule has 2 fully saturated rings. The van der Waals surface area contributed by atoms with Crippen LogP contribution in [-0.4, -0.2) is 36.7 Å². The average molecular weight is 423 g/mol. The van der Waals surface area contributed by atoms with Crippen LogP contribution >= 0.6 is 11.8 Å². The number of likely N-dealkylation sites (tertiary alicyclic amines) is 1. The van der Waals surface area contributed by atoms with Crippen LogP contribution in [0.5, 0.6) is 0 Å². The van der Waals surface area contributed by atoms with Crippen molar-refractivity contribution in [2.75, 3.05) is 25.9 Å². The van der Waals surface area contributed by atoms with Crippen molar-refractivity contribution < 1.29 is 4.79 Å². The normalized spacial score (nSPS) is 20.2. The molecule has 3 nitrogen and oxygen atoms in total. The minimum Gasteiger partial charge on any atom is -0.369 e. The van der Waals surface area contributed by atoms with Crippen molar-refractivity contribution in [3.8, 4) is 11.1 Å². The second-order valence-corrected chi connectivity index (χ2v) is 10.2. The van der Waals surface area contributed by atoms with Gasteiger partial charge in [0.2, 0.25) is 5.91 Å². The van der Waals surface area contributed by atoms with Gasteiger partial charge in [-0.3, -0.25) is 4.79 Å². The number of thioether (sulfide) groups is 1. The number of amides is 1. The van der Waals surface area contributed by atoms with Gasteiger partial charge in [-0.1, -0.05) is 61.7 Å². The maximum Gasteiger partial charge on any atom is 0.228 e. The Morgan fingerprint density at radius 2 is 1.63 bits per heavy atom. The van der Waals surface area contributed by atoms with Crippen LogP contribution in [0.1, 0.15) is 50.5 Å². The van der Waals surface area contributed by atoms with E-state index in [1.807, 2.05) is 11.8 Å². The van der Waals surface area contributed by atoms with Crippen LogP contribution in [0.25, 0.3) is 11.1 Å². The molecule has 0 radical (unpaired) electrons. The lowest BCUT2D eigenvalue weighted by molar-refractivity contribution is -0.124. The van der Waals surface area contributed by atoms with Crippen LogP contribution in [0.4, 0.5) is 0 Å². The van der Waals surface area contributed by atoms with E-state index in [9.17, 15) is 4.79 Å². The molecule has 30 heavy (non-hydrogen) atoms. The molecule has 0 spiro atoms. The standard InChI is InChI=1S/C26H34N2OS/c1-28-17-13-20(14-18-28)19-30-24-12-6-4-10-22(24)21-9-3-5-11-23(21)26(25(27)29)15-7-2-8-16-26/h3-6,9-12,20H,2,7-8,13-19H2,1H3,(H2,27,29). The van der Waals surface area contributed by atoms with Gasteiger partial charge in [-0.25, -0.2) is 0 Å². The Morgan fingerprint density at radius 3 is 2.33 bits per heavy atom. The Hall–Kier alpha value is -1.78. The Labute approximate surface area is 185 Å². The van der Waals surface area contributed by atoms with Gasteiger partial charge in [-0.05, 0) is 74.5 Å². The molecule has 1 aliphatic carbocycles. The minimum atomic E-state index is -0.527. The lowest BCUT2D eigenvalue weighted by Crippen LogP contribution is -2.43. The first kappa shape index (κ1) is 21.5. The summed E-state index contributed by atoms with van der Waals surface area (Å²) in [4.78, 5) is 16.5. The van der Waals surface area contributed by atoms with Crippen molar-refractivity contribution in [1.29, 1.82) is 0 Å². The molecule has 1 aliphatic heterocycles. The van der Waals surface area contributed by atoms with E-state index in [2.05, 4.69) is 60.5 Å². The fourth-order valence-corrected chi connectivity index (χ4v) is 6.45. The molecule has 0 unspecified atom stereocenters.